The molecule has 27 heavy (non-hydrogen) atoms. The molecule has 0 spiro atoms. The van der Waals surface area contributed by atoms with Gasteiger partial charge < -0.3 is 9.47 Å². The first kappa shape index (κ1) is 17.5. The number of piperidine rings is 1. The molecule has 0 radical (unpaired) electrons. The Kier molecular flexibility index (Phi) is 4.75. The van der Waals surface area contributed by atoms with Gasteiger partial charge in [0.05, 0.1) is 0 Å². The van der Waals surface area contributed by atoms with Crippen molar-refractivity contribution in [3.05, 3.63) is 71.5 Å². The highest BCUT2D eigenvalue weighted by Crippen LogP contribution is 2.28. The van der Waals surface area contributed by atoms with Crippen molar-refractivity contribution in [2.24, 2.45) is 0 Å². The van der Waals surface area contributed by atoms with Gasteiger partial charge in [-0.05, 0) is 38.3 Å². The summed E-state index contributed by atoms with van der Waals surface area (Å²) in [5.74, 6) is 1.04. The third-order valence-electron chi connectivity index (χ3n) is 5.37. The Labute approximate surface area is 159 Å². The standard InChI is InChI=1S/C22H24N4O/c1-16-8-9-17(2)20(14-16)22(27)25-12-10-19(11-13-25)26-15-23-24-21(26)18-6-4-3-5-7-18/h3-9,14-15,19H,10-13H2,1-2H3. The fraction of sp³-hybridized carbons (Fsp3) is 0.318. The Bertz CT molecular complexity index is 940. The number of amides is 1. The van der Waals surface area contributed by atoms with E-state index in [9.17, 15) is 4.79 Å². The molecule has 1 aliphatic heterocycles. The molecule has 0 bridgehead atoms. The van der Waals surface area contributed by atoms with E-state index in [-0.39, 0.29) is 5.91 Å². The molecule has 0 aliphatic carbocycles. The van der Waals surface area contributed by atoms with Crippen LogP contribution in [0, 0.1) is 13.8 Å². The molecule has 1 aromatic heterocycles. The minimum absolute atomic E-state index is 0.140. The van der Waals surface area contributed by atoms with Gasteiger partial charge in [0, 0.05) is 30.3 Å². The Morgan fingerprint density at radius 3 is 2.52 bits per heavy atom. The van der Waals surface area contributed by atoms with E-state index in [2.05, 4.69) is 33.0 Å². The van der Waals surface area contributed by atoms with Crippen LogP contribution in [0.25, 0.3) is 11.4 Å². The summed E-state index contributed by atoms with van der Waals surface area (Å²) < 4.78 is 2.16. The van der Waals surface area contributed by atoms with Crippen LogP contribution >= 0.6 is 0 Å². The van der Waals surface area contributed by atoms with Gasteiger partial charge in [-0.2, -0.15) is 0 Å². The molecular weight excluding hydrogens is 336 g/mol. The fourth-order valence-corrected chi connectivity index (χ4v) is 3.79. The van der Waals surface area contributed by atoms with E-state index in [1.54, 1.807) is 0 Å². The molecule has 4 rings (SSSR count). The van der Waals surface area contributed by atoms with E-state index >= 15 is 0 Å². The van der Waals surface area contributed by atoms with E-state index < -0.39 is 0 Å². The molecule has 1 saturated heterocycles. The topological polar surface area (TPSA) is 51.0 Å². The van der Waals surface area contributed by atoms with Crippen LogP contribution in [0.1, 0.15) is 40.4 Å². The summed E-state index contributed by atoms with van der Waals surface area (Å²) in [6, 6.07) is 16.5. The van der Waals surface area contributed by atoms with Gasteiger partial charge in [0.1, 0.15) is 6.33 Å². The lowest BCUT2D eigenvalue weighted by atomic mass is 10.0. The monoisotopic (exact) mass is 360 g/mol. The first-order valence-electron chi connectivity index (χ1n) is 9.45. The quantitative estimate of drug-likeness (QED) is 0.708. The number of aromatic nitrogens is 3. The predicted octanol–water partition coefficient (Wildman–Crippen LogP) is 4.04. The highest BCUT2D eigenvalue weighted by molar-refractivity contribution is 5.95. The molecule has 138 valence electrons. The highest BCUT2D eigenvalue weighted by Gasteiger charge is 2.27. The molecule has 0 N–H and O–H groups in total. The molecule has 3 aromatic rings. The van der Waals surface area contributed by atoms with E-state index in [4.69, 9.17) is 0 Å². The van der Waals surface area contributed by atoms with Crippen molar-refractivity contribution in [3.8, 4) is 11.4 Å². The first-order valence-corrected chi connectivity index (χ1v) is 9.45. The maximum atomic E-state index is 12.9. The van der Waals surface area contributed by atoms with Crippen LogP contribution in [0.5, 0.6) is 0 Å². The minimum Gasteiger partial charge on any atom is -0.338 e. The third-order valence-corrected chi connectivity index (χ3v) is 5.37. The Morgan fingerprint density at radius 1 is 1.04 bits per heavy atom. The molecule has 2 heterocycles. The number of benzene rings is 2. The van der Waals surface area contributed by atoms with Crippen molar-refractivity contribution in [1.82, 2.24) is 19.7 Å². The number of rotatable bonds is 3. The Hall–Kier alpha value is -2.95. The summed E-state index contributed by atoms with van der Waals surface area (Å²) in [5, 5.41) is 8.45. The lowest BCUT2D eigenvalue weighted by Crippen LogP contribution is -2.39. The van der Waals surface area contributed by atoms with Crippen LogP contribution in [0.15, 0.2) is 54.9 Å². The zero-order valence-electron chi connectivity index (χ0n) is 15.8. The molecule has 0 saturated carbocycles. The average Bonchev–Trinajstić information content (AvgIpc) is 3.20. The lowest BCUT2D eigenvalue weighted by molar-refractivity contribution is 0.0694. The summed E-state index contributed by atoms with van der Waals surface area (Å²) in [7, 11) is 0. The van der Waals surface area contributed by atoms with Gasteiger partial charge in [-0.15, -0.1) is 10.2 Å². The van der Waals surface area contributed by atoms with Crippen molar-refractivity contribution in [2.45, 2.75) is 32.7 Å². The van der Waals surface area contributed by atoms with Gasteiger partial charge in [0.25, 0.3) is 5.91 Å². The molecule has 1 aliphatic rings. The predicted molar refractivity (Wildman–Crippen MR) is 106 cm³/mol. The number of aryl methyl sites for hydroxylation is 2. The number of carbonyl (C=O) groups is 1. The molecule has 5 nitrogen and oxygen atoms in total. The van der Waals surface area contributed by atoms with E-state index in [1.807, 2.05) is 55.4 Å². The zero-order chi connectivity index (χ0) is 18.8. The molecule has 0 unspecified atom stereocenters. The SMILES string of the molecule is Cc1ccc(C)c(C(=O)N2CCC(n3cnnc3-c3ccccc3)CC2)c1. The summed E-state index contributed by atoms with van der Waals surface area (Å²) in [5.41, 5.74) is 4.06. The van der Waals surface area contributed by atoms with Crippen LogP contribution in [0.3, 0.4) is 0 Å². The summed E-state index contributed by atoms with van der Waals surface area (Å²) in [6.07, 6.45) is 3.64. The van der Waals surface area contributed by atoms with Crippen LogP contribution in [-0.2, 0) is 0 Å². The summed E-state index contributed by atoms with van der Waals surface area (Å²) in [4.78, 5) is 14.9. The first-order chi connectivity index (χ1) is 13.1. The second-order valence-electron chi connectivity index (χ2n) is 7.27. The zero-order valence-corrected chi connectivity index (χ0v) is 15.8. The van der Waals surface area contributed by atoms with Gasteiger partial charge in [0.2, 0.25) is 0 Å². The second kappa shape index (κ2) is 7.35. The number of hydrogen-bond donors (Lipinski definition) is 0. The number of nitrogens with zero attached hydrogens (tertiary/aromatic N) is 4. The van der Waals surface area contributed by atoms with Gasteiger partial charge >= 0.3 is 0 Å². The maximum absolute atomic E-state index is 12.9. The number of hydrogen-bond acceptors (Lipinski definition) is 3. The molecule has 2 aromatic carbocycles. The summed E-state index contributed by atoms with van der Waals surface area (Å²) >= 11 is 0. The number of likely N-dealkylation sites (tertiary alicyclic amines) is 1. The average molecular weight is 360 g/mol. The molecular formula is C22H24N4O. The number of carbonyl (C=O) groups excluding carboxylic acids is 1. The molecule has 0 atom stereocenters. The van der Waals surface area contributed by atoms with E-state index in [0.717, 1.165) is 54.0 Å². The third kappa shape index (κ3) is 3.50. The highest BCUT2D eigenvalue weighted by atomic mass is 16.2. The van der Waals surface area contributed by atoms with Crippen molar-refractivity contribution in [2.75, 3.05) is 13.1 Å². The van der Waals surface area contributed by atoms with Gasteiger partial charge in [-0.25, -0.2) is 0 Å². The molecule has 1 fully saturated rings. The van der Waals surface area contributed by atoms with E-state index in [0.29, 0.717) is 6.04 Å². The Balaban J connectivity index is 1.48. The van der Waals surface area contributed by atoms with Crippen molar-refractivity contribution < 1.29 is 4.79 Å². The van der Waals surface area contributed by atoms with Gasteiger partial charge in [-0.3, -0.25) is 4.79 Å². The smallest absolute Gasteiger partial charge is 0.254 e. The second-order valence-corrected chi connectivity index (χ2v) is 7.27. The normalized spacial score (nSPS) is 15.1. The van der Waals surface area contributed by atoms with Crippen molar-refractivity contribution in [3.63, 3.8) is 0 Å². The van der Waals surface area contributed by atoms with Gasteiger partial charge in [0.15, 0.2) is 5.82 Å². The van der Waals surface area contributed by atoms with Crippen LogP contribution in [-0.4, -0.2) is 38.7 Å². The lowest BCUT2D eigenvalue weighted by Gasteiger charge is -2.33. The van der Waals surface area contributed by atoms with Crippen molar-refractivity contribution >= 4 is 5.91 Å². The fourth-order valence-electron chi connectivity index (χ4n) is 3.79. The van der Waals surface area contributed by atoms with Crippen LogP contribution in [0.4, 0.5) is 0 Å². The van der Waals surface area contributed by atoms with Gasteiger partial charge in [-0.1, -0.05) is 48.0 Å². The van der Waals surface area contributed by atoms with Crippen molar-refractivity contribution in [1.29, 1.82) is 0 Å². The minimum atomic E-state index is 0.140. The molecule has 5 heteroatoms. The largest absolute Gasteiger partial charge is 0.338 e. The maximum Gasteiger partial charge on any atom is 0.254 e. The van der Waals surface area contributed by atoms with Crippen LogP contribution in [0.2, 0.25) is 0 Å². The summed E-state index contributed by atoms with van der Waals surface area (Å²) in [6.45, 7) is 5.54. The molecule has 1 amide bonds. The van der Waals surface area contributed by atoms with E-state index in [1.165, 1.54) is 0 Å². The van der Waals surface area contributed by atoms with Crippen LogP contribution < -0.4 is 0 Å². The Morgan fingerprint density at radius 2 is 1.78 bits per heavy atom.